The van der Waals surface area contributed by atoms with Gasteiger partial charge in [-0.05, 0) is 56.7 Å². The third-order valence-corrected chi connectivity index (χ3v) is 3.95. The molecule has 0 saturated carbocycles. The summed E-state index contributed by atoms with van der Waals surface area (Å²) in [7, 11) is 0. The van der Waals surface area contributed by atoms with Crippen LogP contribution in [-0.2, 0) is 0 Å². The van der Waals surface area contributed by atoms with E-state index < -0.39 is 0 Å². The van der Waals surface area contributed by atoms with Crippen LogP contribution in [0.4, 0.5) is 5.69 Å². The van der Waals surface area contributed by atoms with Crippen LogP contribution < -0.4 is 10.7 Å². The fourth-order valence-corrected chi connectivity index (χ4v) is 2.42. The fourth-order valence-electron chi connectivity index (χ4n) is 2.42. The van der Waals surface area contributed by atoms with Crippen LogP contribution >= 0.6 is 0 Å². The van der Waals surface area contributed by atoms with Crippen LogP contribution in [0.1, 0.15) is 44.9 Å². The Bertz CT molecular complexity index is 996. The summed E-state index contributed by atoms with van der Waals surface area (Å²) in [4.78, 5) is 24.1. The lowest BCUT2D eigenvalue weighted by molar-refractivity contribution is 0.0952. The first-order chi connectivity index (χ1) is 12.9. The van der Waals surface area contributed by atoms with Crippen LogP contribution in [0.5, 0.6) is 0 Å². The topological polar surface area (TPSA) is 96.8 Å². The Morgan fingerprint density at radius 2 is 1.70 bits per heavy atom. The van der Waals surface area contributed by atoms with Gasteiger partial charge in [-0.3, -0.25) is 9.59 Å². The predicted octanol–water partition coefficient (Wildman–Crippen LogP) is 3.90. The number of hydrogen-bond donors (Lipinski definition) is 2. The Morgan fingerprint density at radius 1 is 0.963 bits per heavy atom. The summed E-state index contributed by atoms with van der Waals surface area (Å²) in [5.41, 5.74) is 5.01. The van der Waals surface area contributed by atoms with Crippen molar-refractivity contribution in [2.75, 3.05) is 5.32 Å². The molecule has 2 amide bonds. The Kier molecular flexibility index (Phi) is 5.21. The quantitative estimate of drug-likeness (QED) is 0.529. The van der Waals surface area contributed by atoms with Gasteiger partial charge < -0.3 is 14.2 Å². The van der Waals surface area contributed by atoms with Crippen molar-refractivity contribution in [3.05, 3.63) is 77.1 Å². The van der Waals surface area contributed by atoms with Crippen LogP contribution in [0.3, 0.4) is 0 Å². The zero-order valence-electron chi connectivity index (χ0n) is 15.2. The second-order valence-corrected chi connectivity index (χ2v) is 5.97. The van der Waals surface area contributed by atoms with Crippen molar-refractivity contribution in [1.29, 1.82) is 0 Å². The summed E-state index contributed by atoms with van der Waals surface area (Å²) in [5.74, 6) is 0.816. The highest BCUT2D eigenvalue weighted by molar-refractivity contribution is 6.03. The Balaban J connectivity index is 1.63. The molecule has 0 fully saturated rings. The first-order valence-corrected chi connectivity index (χ1v) is 8.31. The third kappa shape index (κ3) is 4.33. The standard InChI is InChI=1S/C20H19N3O4/c1-12-4-9-18(27-12)20(25)21-16-7-5-15(6-8-16)13(2)22-23-19(24)17-10-11-26-14(17)3/h4-11H,1-3H3,(H,21,25)(H,23,24). The maximum absolute atomic E-state index is 12.1. The van der Waals surface area contributed by atoms with E-state index in [1.54, 1.807) is 63.2 Å². The zero-order chi connectivity index (χ0) is 19.4. The van der Waals surface area contributed by atoms with Crippen molar-refractivity contribution in [2.45, 2.75) is 20.8 Å². The van der Waals surface area contributed by atoms with Crippen molar-refractivity contribution >= 4 is 23.2 Å². The molecule has 7 nitrogen and oxygen atoms in total. The number of nitrogens with zero attached hydrogens (tertiary/aromatic N) is 1. The lowest BCUT2D eigenvalue weighted by Crippen LogP contribution is -2.19. The van der Waals surface area contributed by atoms with Gasteiger partial charge in [0.2, 0.25) is 0 Å². The highest BCUT2D eigenvalue weighted by Crippen LogP contribution is 2.14. The summed E-state index contributed by atoms with van der Waals surface area (Å²) in [5, 5.41) is 6.87. The van der Waals surface area contributed by atoms with Gasteiger partial charge in [-0.15, -0.1) is 0 Å². The molecule has 0 aliphatic rings. The Morgan fingerprint density at radius 3 is 2.30 bits per heavy atom. The van der Waals surface area contributed by atoms with Crippen LogP contribution in [0.2, 0.25) is 0 Å². The van der Waals surface area contributed by atoms with Gasteiger partial charge in [-0.25, -0.2) is 5.43 Å². The molecular formula is C20H19N3O4. The van der Waals surface area contributed by atoms with Crippen LogP contribution in [0.25, 0.3) is 0 Å². The van der Waals surface area contributed by atoms with Crippen molar-refractivity contribution in [2.24, 2.45) is 5.10 Å². The number of hydrogen-bond acceptors (Lipinski definition) is 5. The molecule has 0 aliphatic heterocycles. The Labute approximate surface area is 156 Å². The van der Waals surface area contributed by atoms with E-state index in [2.05, 4.69) is 15.8 Å². The normalized spacial score (nSPS) is 11.3. The van der Waals surface area contributed by atoms with Gasteiger partial charge in [-0.1, -0.05) is 12.1 Å². The minimum Gasteiger partial charge on any atom is -0.469 e. The molecule has 0 atom stereocenters. The van der Waals surface area contributed by atoms with Crippen molar-refractivity contribution < 1.29 is 18.4 Å². The highest BCUT2D eigenvalue weighted by Gasteiger charge is 2.12. The number of carbonyl (C=O) groups excluding carboxylic acids is 2. The SMILES string of the molecule is CC(=NNC(=O)c1ccoc1C)c1ccc(NC(=O)c2ccc(C)o2)cc1. The molecule has 2 N–H and O–H groups in total. The molecule has 0 unspecified atom stereocenters. The van der Waals surface area contributed by atoms with Crippen LogP contribution in [0, 0.1) is 13.8 Å². The summed E-state index contributed by atoms with van der Waals surface area (Å²) in [6.07, 6.45) is 1.46. The Hall–Kier alpha value is -3.61. The molecule has 0 aliphatic carbocycles. The number of rotatable bonds is 5. The first-order valence-electron chi connectivity index (χ1n) is 8.31. The molecule has 0 radical (unpaired) electrons. The number of hydrazone groups is 1. The van der Waals surface area contributed by atoms with Gasteiger partial charge in [-0.2, -0.15) is 5.10 Å². The summed E-state index contributed by atoms with van der Waals surface area (Å²) in [6, 6.07) is 12.1. The maximum atomic E-state index is 12.1. The number of furan rings is 2. The minimum absolute atomic E-state index is 0.256. The molecule has 3 aromatic rings. The molecule has 0 bridgehead atoms. The molecule has 2 heterocycles. The molecule has 138 valence electrons. The maximum Gasteiger partial charge on any atom is 0.291 e. The summed E-state index contributed by atoms with van der Waals surface area (Å²) >= 11 is 0. The summed E-state index contributed by atoms with van der Waals surface area (Å²) < 4.78 is 10.4. The number of anilines is 1. The van der Waals surface area contributed by atoms with Crippen molar-refractivity contribution in [3.63, 3.8) is 0 Å². The lowest BCUT2D eigenvalue weighted by atomic mass is 10.1. The average molecular weight is 365 g/mol. The number of benzene rings is 1. The monoisotopic (exact) mass is 365 g/mol. The van der Waals surface area contributed by atoms with Gasteiger partial charge in [0.1, 0.15) is 11.5 Å². The van der Waals surface area contributed by atoms with E-state index in [0.29, 0.717) is 28.5 Å². The fraction of sp³-hybridized carbons (Fsp3) is 0.150. The zero-order valence-corrected chi connectivity index (χ0v) is 15.2. The molecule has 3 rings (SSSR count). The van der Waals surface area contributed by atoms with Crippen molar-refractivity contribution in [3.8, 4) is 0 Å². The van der Waals surface area contributed by atoms with E-state index in [0.717, 1.165) is 5.56 Å². The first kappa shape index (κ1) is 18.2. The smallest absolute Gasteiger partial charge is 0.291 e. The van der Waals surface area contributed by atoms with Gasteiger partial charge in [0.05, 0.1) is 17.5 Å². The summed E-state index contributed by atoms with van der Waals surface area (Å²) in [6.45, 7) is 5.27. The predicted molar refractivity (Wildman–Crippen MR) is 101 cm³/mol. The van der Waals surface area contributed by atoms with Gasteiger partial charge >= 0.3 is 0 Å². The number of amides is 2. The van der Waals surface area contributed by atoms with Crippen LogP contribution in [-0.4, -0.2) is 17.5 Å². The lowest BCUT2D eigenvalue weighted by Gasteiger charge is -2.06. The molecule has 2 aromatic heterocycles. The van der Waals surface area contributed by atoms with Gasteiger partial charge in [0, 0.05) is 5.69 Å². The second kappa shape index (κ2) is 7.74. The van der Waals surface area contributed by atoms with E-state index in [1.807, 2.05) is 0 Å². The molecule has 27 heavy (non-hydrogen) atoms. The second-order valence-electron chi connectivity index (χ2n) is 5.97. The van der Waals surface area contributed by atoms with E-state index in [1.165, 1.54) is 6.26 Å². The molecule has 7 heteroatoms. The number of aryl methyl sites for hydroxylation is 2. The molecule has 0 saturated heterocycles. The van der Waals surface area contributed by atoms with Crippen LogP contribution in [0.15, 0.2) is 62.7 Å². The van der Waals surface area contributed by atoms with E-state index in [4.69, 9.17) is 8.83 Å². The minimum atomic E-state index is -0.335. The highest BCUT2D eigenvalue weighted by atomic mass is 16.3. The largest absolute Gasteiger partial charge is 0.469 e. The number of nitrogens with one attached hydrogen (secondary N) is 2. The molecular weight excluding hydrogens is 346 g/mol. The van der Waals surface area contributed by atoms with E-state index >= 15 is 0 Å². The van der Waals surface area contributed by atoms with E-state index in [-0.39, 0.29) is 17.6 Å². The van der Waals surface area contributed by atoms with E-state index in [9.17, 15) is 9.59 Å². The number of carbonyl (C=O) groups is 2. The molecule has 1 aromatic carbocycles. The third-order valence-electron chi connectivity index (χ3n) is 3.95. The van der Waals surface area contributed by atoms with Gasteiger partial charge in [0.25, 0.3) is 11.8 Å². The average Bonchev–Trinajstić information content (AvgIpc) is 3.28. The van der Waals surface area contributed by atoms with Crippen molar-refractivity contribution in [1.82, 2.24) is 5.43 Å². The van der Waals surface area contributed by atoms with Gasteiger partial charge in [0.15, 0.2) is 5.76 Å². The molecule has 0 spiro atoms.